The van der Waals surface area contributed by atoms with E-state index in [0.717, 1.165) is 43.0 Å². The zero-order valence-corrected chi connectivity index (χ0v) is 15.0. The molecule has 3 rings (SSSR count). The number of ether oxygens (including phenoxy) is 3. The minimum absolute atomic E-state index is 0.286. The Balaban J connectivity index is 1.71. The summed E-state index contributed by atoms with van der Waals surface area (Å²) in [5.41, 5.74) is 2.13. The van der Waals surface area contributed by atoms with Crippen molar-refractivity contribution < 1.29 is 19.0 Å². The summed E-state index contributed by atoms with van der Waals surface area (Å²) in [7, 11) is 1.67. The maximum absolute atomic E-state index is 11.6. The Hall–Kier alpha value is -2.17. The van der Waals surface area contributed by atoms with Gasteiger partial charge in [-0.25, -0.2) is 4.79 Å². The molecule has 0 aromatic heterocycles. The van der Waals surface area contributed by atoms with Crippen LogP contribution in [-0.2, 0) is 9.53 Å². The Labute approximate surface area is 149 Å². The van der Waals surface area contributed by atoms with Crippen LogP contribution in [0.2, 0.25) is 0 Å². The standard InChI is InChI=1S/C20H27NO4/c1-3-24-20(22)12-16-10-15(13-21-16)14-8-9-18(23-2)19(11-14)25-17-6-4-5-7-17/h8-9,11-12,15,17,21H,3-7,10,13H2,1-2H3/b16-12+. The summed E-state index contributed by atoms with van der Waals surface area (Å²) in [6, 6.07) is 6.16. The molecule has 0 amide bonds. The van der Waals surface area contributed by atoms with E-state index < -0.39 is 0 Å². The van der Waals surface area contributed by atoms with E-state index in [1.807, 2.05) is 13.0 Å². The highest BCUT2D eigenvalue weighted by Crippen LogP contribution is 2.36. The van der Waals surface area contributed by atoms with E-state index >= 15 is 0 Å². The maximum Gasteiger partial charge on any atom is 0.332 e. The molecule has 1 unspecified atom stereocenters. The van der Waals surface area contributed by atoms with E-state index in [-0.39, 0.29) is 5.97 Å². The summed E-state index contributed by atoms with van der Waals surface area (Å²) in [6.07, 6.45) is 7.36. The minimum Gasteiger partial charge on any atom is -0.493 e. The fourth-order valence-electron chi connectivity index (χ4n) is 3.56. The van der Waals surface area contributed by atoms with E-state index in [1.165, 1.54) is 18.4 Å². The lowest BCUT2D eigenvalue weighted by Crippen LogP contribution is -2.12. The molecule has 5 heteroatoms. The normalized spacial score (nSPS) is 22.0. The van der Waals surface area contributed by atoms with Gasteiger partial charge in [0.1, 0.15) is 0 Å². The second kappa shape index (κ2) is 8.28. The molecule has 0 spiro atoms. The van der Waals surface area contributed by atoms with Crippen molar-refractivity contribution >= 4 is 5.97 Å². The molecule has 1 saturated heterocycles. The second-order valence-corrected chi connectivity index (χ2v) is 6.64. The molecule has 1 saturated carbocycles. The third-order valence-corrected chi connectivity index (χ3v) is 4.88. The van der Waals surface area contributed by atoms with Crippen LogP contribution < -0.4 is 14.8 Å². The lowest BCUT2D eigenvalue weighted by atomic mass is 9.97. The summed E-state index contributed by atoms with van der Waals surface area (Å²) in [5.74, 6) is 1.64. The SMILES string of the molecule is CCOC(=O)/C=C1\CC(c2ccc(OC)c(OC3CCCC3)c2)CN1. The fourth-order valence-corrected chi connectivity index (χ4v) is 3.56. The van der Waals surface area contributed by atoms with Gasteiger partial charge in [0.25, 0.3) is 0 Å². The molecule has 1 aliphatic carbocycles. The molecule has 1 aromatic rings. The molecule has 1 N–H and O–H groups in total. The molecule has 1 atom stereocenters. The number of methoxy groups -OCH3 is 1. The Bertz CT molecular complexity index is 635. The minimum atomic E-state index is -0.286. The number of hydrogen-bond donors (Lipinski definition) is 1. The number of esters is 1. The number of carbonyl (C=O) groups is 1. The summed E-state index contributed by atoms with van der Waals surface area (Å²) in [4.78, 5) is 11.6. The smallest absolute Gasteiger partial charge is 0.332 e. The molecule has 0 radical (unpaired) electrons. The van der Waals surface area contributed by atoms with Gasteiger partial charge in [0.15, 0.2) is 11.5 Å². The first-order valence-corrected chi connectivity index (χ1v) is 9.15. The van der Waals surface area contributed by atoms with Crippen molar-refractivity contribution in [1.29, 1.82) is 0 Å². The van der Waals surface area contributed by atoms with E-state index in [9.17, 15) is 4.79 Å². The zero-order chi connectivity index (χ0) is 17.6. The molecule has 1 aromatic carbocycles. The highest BCUT2D eigenvalue weighted by molar-refractivity contribution is 5.82. The van der Waals surface area contributed by atoms with Crippen LogP contribution in [0.5, 0.6) is 11.5 Å². The van der Waals surface area contributed by atoms with Gasteiger partial charge in [-0.1, -0.05) is 6.07 Å². The Kier molecular flexibility index (Phi) is 5.84. The summed E-state index contributed by atoms with van der Waals surface area (Å²) < 4.78 is 16.6. The highest BCUT2D eigenvalue weighted by atomic mass is 16.5. The van der Waals surface area contributed by atoms with Crippen molar-refractivity contribution in [1.82, 2.24) is 5.32 Å². The van der Waals surface area contributed by atoms with E-state index in [2.05, 4.69) is 17.4 Å². The predicted octanol–water partition coefficient (Wildman–Crippen LogP) is 3.54. The molecular weight excluding hydrogens is 318 g/mol. The zero-order valence-electron chi connectivity index (χ0n) is 15.0. The van der Waals surface area contributed by atoms with Crippen LogP contribution in [0.3, 0.4) is 0 Å². The molecule has 1 heterocycles. The average Bonchev–Trinajstić information content (AvgIpc) is 3.27. The number of nitrogens with one attached hydrogen (secondary N) is 1. The van der Waals surface area contributed by atoms with Crippen LogP contribution in [0.15, 0.2) is 30.0 Å². The van der Waals surface area contributed by atoms with Crippen LogP contribution >= 0.6 is 0 Å². The van der Waals surface area contributed by atoms with Gasteiger partial charge in [-0.15, -0.1) is 0 Å². The summed E-state index contributed by atoms with van der Waals surface area (Å²) in [5, 5.41) is 3.30. The monoisotopic (exact) mass is 345 g/mol. The third kappa shape index (κ3) is 4.47. The van der Waals surface area contributed by atoms with E-state index in [0.29, 0.717) is 18.6 Å². The van der Waals surface area contributed by atoms with Gasteiger partial charge in [-0.05, 0) is 56.7 Å². The lowest BCUT2D eigenvalue weighted by Gasteiger charge is -2.18. The average molecular weight is 345 g/mol. The summed E-state index contributed by atoms with van der Waals surface area (Å²) >= 11 is 0. The van der Waals surface area contributed by atoms with Crippen molar-refractivity contribution in [2.24, 2.45) is 0 Å². The Morgan fingerprint density at radius 3 is 2.80 bits per heavy atom. The van der Waals surface area contributed by atoms with Gasteiger partial charge < -0.3 is 19.5 Å². The molecule has 0 bridgehead atoms. The molecule has 5 nitrogen and oxygen atoms in total. The molecule has 25 heavy (non-hydrogen) atoms. The van der Waals surface area contributed by atoms with Gasteiger partial charge in [-0.2, -0.15) is 0 Å². The van der Waals surface area contributed by atoms with Crippen LogP contribution in [0.1, 0.15) is 50.5 Å². The number of rotatable bonds is 6. The number of hydrogen-bond acceptors (Lipinski definition) is 5. The lowest BCUT2D eigenvalue weighted by molar-refractivity contribution is -0.137. The van der Waals surface area contributed by atoms with Gasteiger partial charge in [-0.3, -0.25) is 0 Å². The molecular formula is C20H27NO4. The van der Waals surface area contributed by atoms with Crippen molar-refractivity contribution in [3.63, 3.8) is 0 Å². The predicted molar refractivity (Wildman–Crippen MR) is 96.0 cm³/mol. The molecule has 136 valence electrons. The first-order chi connectivity index (χ1) is 12.2. The summed E-state index contributed by atoms with van der Waals surface area (Å²) in [6.45, 7) is 3.01. The largest absolute Gasteiger partial charge is 0.493 e. The second-order valence-electron chi connectivity index (χ2n) is 6.64. The van der Waals surface area contributed by atoms with Gasteiger partial charge in [0.2, 0.25) is 0 Å². The van der Waals surface area contributed by atoms with Crippen LogP contribution in [-0.4, -0.2) is 32.3 Å². The molecule has 1 aliphatic heterocycles. The van der Waals surface area contributed by atoms with Gasteiger partial charge >= 0.3 is 5.97 Å². The molecule has 2 fully saturated rings. The third-order valence-electron chi connectivity index (χ3n) is 4.88. The van der Waals surface area contributed by atoms with Crippen molar-refractivity contribution in [3.8, 4) is 11.5 Å². The maximum atomic E-state index is 11.6. The number of carbonyl (C=O) groups excluding carboxylic acids is 1. The number of benzene rings is 1. The fraction of sp³-hybridized carbons (Fsp3) is 0.550. The Morgan fingerprint density at radius 1 is 1.28 bits per heavy atom. The molecule has 2 aliphatic rings. The van der Waals surface area contributed by atoms with Crippen molar-refractivity contribution in [2.75, 3.05) is 20.3 Å². The number of allylic oxidation sites excluding steroid dienone is 1. The van der Waals surface area contributed by atoms with Crippen molar-refractivity contribution in [2.45, 2.75) is 51.0 Å². The topological polar surface area (TPSA) is 56.8 Å². The van der Waals surface area contributed by atoms with Crippen LogP contribution in [0.4, 0.5) is 0 Å². The van der Waals surface area contributed by atoms with Gasteiger partial charge in [0.05, 0.1) is 19.8 Å². The van der Waals surface area contributed by atoms with Crippen LogP contribution in [0.25, 0.3) is 0 Å². The quantitative estimate of drug-likeness (QED) is 0.631. The van der Waals surface area contributed by atoms with E-state index in [4.69, 9.17) is 14.2 Å². The van der Waals surface area contributed by atoms with E-state index in [1.54, 1.807) is 13.2 Å². The van der Waals surface area contributed by atoms with Crippen molar-refractivity contribution in [3.05, 3.63) is 35.5 Å². The highest BCUT2D eigenvalue weighted by Gasteiger charge is 2.24. The Morgan fingerprint density at radius 2 is 2.08 bits per heavy atom. The van der Waals surface area contributed by atoms with Crippen LogP contribution in [0, 0.1) is 0 Å². The van der Waals surface area contributed by atoms with Gasteiger partial charge in [0, 0.05) is 24.2 Å². The first kappa shape index (κ1) is 17.6. The first-order valence-electron chi connectivity index (χ1n) is 9.15.